The third-order valence-electron chi connectivity index (χ3n) is 3.19. The highest BCUT2D eigenvalue weighted by atomic mass is 16.5. The van der Waals surface area contributed by atoms with Crippen molar-refractivity contribution in [3.63, 3.8) is 0 Å². The van der Waals surface area contributed by atoms with E-state index >= 15 is 0 Å². The molecule has 0 saturated carbocycles. The molecule has 0 bridgehead atoms. The van der Waals surface area contributed by atoms with E-state index in [1.807, 2.05) is 0 Å². The monoisotopic (exact) mass is 234 g/mol. The predicted molar refractivity (Wildman–Crippen MR) is 71.4 cm³/mol. The van der Waals surface area contributed by atoms with Crippen molar-refractivity contribution in [2.24, 2.45) is 5.92 Å². The Bertz CT molecular complexity index is 354. The lowest BCUT2D eigenvalue weighted by Gasteiger charge is -2.27. The fourth-order valence-corrected chi connectivity index (χ4v) is 2.43. The molecule has 0 aromatic heterocycles. The molecule has 0 aliphatic carbocycles. The fourth-order valence-electron chi connectivity index (χ4n) is 2.43. The zero-order valence-electron chi connectivity index (χ0n) is 10.8. The van der Waals surface area contributed by atoms with Gasteiger partial charge in [0.05, 0.1) is 6.61 Å². The second-order valence-electron chi connectivity index (χ2n) is 4.81. The Balaban J connectivity index is 2.11. The quantitative estimate of drug-likeness (QED) is 0.861. The van der Waals surface area contributed by atoms with Gasteiger partial charge in [0, 0.05) is 39.0 Å². The molecule has 3 heteroatoms. The first kappa shape index (κ1) is 12.4. The Morgan fingerprint density at radius 3 is 3.06 bits per heavy atom. The van der Waals surface area contributed by atoms with Crippen LogP contribution in [0.4, 0.5) is 5.69 Å². The summed E-state index contributed by atoms with van der Waals surface area (Å²) in [6, 6.07) is 8.67. The zero-order chi connectivity index (χ0) is 12.1. The molecule has 0 saturated heterocycles. The summed E-state index contributed by atoms with van der Waals surface area (Å²) in [6.07, 6.45) is 0. The second-order valence-corrected chi connectivity index (χ2v) is 4.81. The molecule has 1 aliphatic rings. The van der Waals surface area contributed by atoms with E-state index in [0.29, 0.717) is 5.92 Å². The summed E-state index contributed by atoms with van der Waals surface area (Å²) in [6.45, 7) is 7.23. The number of hydrogen-bond donors (Lipinski definition) is 1. The van der Waals surface area contributed by atoms with Crippen LogP contribution in [-0.4, -0.2) is 33.4 Å². The van der Waals surface area contributed by atoms with Crippen molar-refractivity contribution in [1.82, 2.24) is 5.32 Å². The van der Waals surface area contributed by atoms with Gasteiger partial charge >= 0.3 is 0 Å². The van der Waals surface area contributed by atoms with Crippen molar-refractivity contribution in [1.29, 1.82) is 0 Å². The highest BCUT2D eigenvalue weighted by Crippen LogP contribution is 2.22. The van der Waals surface area contributed by atoms with Crippen molar-refractivity contribution in [3.8, 4) is 0 Å². The molecule has 0 spiro atoms. The average Bonchev–Trinajstić information content (AvgIpc) is 2.53. The van der Waals surface area contributed by atoms with Crippen LogP contribution in [0.3, 0.4) is 0 Å². The molecule has 0 radical (unpaired) electrons. The van der Waals surface area contributed by atoms with Crippen LogP contribution in [0.1, 0.15) is 12.5 Å². The number of methoxy groups -OCH3 is 1. The van der Waals surface area contributed by atoms with Crippen molar-refractivity contribution >= 4 is 5.69 Å². The maximum absolute atomic E-state index is 5.22. The lowest BCUT2D eigenvalue weighted by atomic mass is 10.1. The molecule has 1 atom stereocenters. The number of anilines is 1. The van der Waals surface area contributed by atoms with E-state index in [9.17, 15) is 0 Å². The summed E-state index contributed by atoms with van der Waals surface area (Å²) in [5, 5.41) is 3.47. The molecule has 2 rings (SSSR count). The molecule has 1 heterocycles. The molecule has 3 nitrogen and oxygen atoms in total. The number of fused-ring (bicyclic) bond motifs is 1. The zero-order valence-corrected chi connectivity index (χ0v) is 10.8. The van der Waals surface area contributed by atoms with Crippen molar-refractivity contribution < 1.29 is 4.74 Å². The summed E-state index contributed by atoms with van der Waals surface area (Å²) in [5.41, 5.74) is 2.77. The molecule has 1 unspecified atom stereocenters. The molecule has 1 aromatic carbocycles. The standard InChI is InChI=1S/C14H22N2O/c1-12(11-17-2)10-16-8-7-15-9-13-5-3-4-6-14(13)16/h3-6,12,15H,7-11H2,1-2H3. The van der Waals surface area contributed by atoms with Crippen LogP contribution in [0.2, 0.25) is 0 Å². The first-order valence-electron chi connectivity index (χ1n) is 6.33. The Hall–Kier alpha value is -1.06. The van der Waals surface area contributed by atoms with Crippen LogP contribution in [0, 0.1) is 5.92 Å². The summed E-state index contributed by atoms with van der Waals surface area (Å²) in [4.78, 5) is 2.47. The van der Waals surface area contributed by atoms with Gasteiger partial charge in [0.2, 0.25) is 0 Å². The van der Waals surface area contributed by atoms with Crippen LogP contribution in [-0.2, 0) is 11.3 Å². The third kappa shape index (κ3) is 3.20. The van der Waals surface area contributed by atoms with Crippen LogP contribution in [0.5, 0.6) is 0 Å². The molecular formula is C14H22N2O. The number of ether oxygens (including phenoxy) is 1. The van der Waals surface area contributed by atoms with E-state index < -0.39 is 0 Å². The lowest BCUT2D eigenvalue weighted by molar-refractivity contribution is 0.161. The minimum absolute atomic E-state index is 0.561. The van der Waals surface area contributed by atoms with Crippen LogP contribution in [0.15, 0.2) is 24.3 Å². The van der Waals surface area contributed by atoms with Crippen LogP contribution < -0.4 is 10.2 Å². The maximum Gasteiger partial charge on any atom is 0.0504 e. The molecular weight excluding hydrogens is 212 g/mol. The molecule has 0 amide bonds. The predicted octanol–water partition coefficient (Wildman–Crippen LogP) is 1.88. The smallest absolute Gasteiger partial charge is 0.0504 e. The first-order valence-corrected chi connectivity index (χ1v) is 6.33. The lowest BCUT2D eigenvalue weighted by Crippen LogP contribution is -2.33. The number of benzene rings is 1. The number of hydrogen-bond acceptors (Lipinski definition) is 3. The highest BCUT2D eigenvalue weighted by molar-refractivity contribution is 5.54. The van der Waals surface area contributed by atoms with Gasteiger partial charge in [-0.05, 0) is 17.5 Å². The van der Waals surface area contributed by atoms with Crippen LogP contribution >= 0.6 is 0 Å². The summed E-state index contributed by atoms with van der Waals surface area (Å²) in [5.74, 6) is 0.561. The minimum Gasteiger partial charge on any atom is -0.384 e. The maximum atomic E-state index is 5.22. The fraction of sp³-hybridized carbons (Fsp3) is 0.571. The second kappa shape index (κ2) is 6.03. The van der Waals surface area contributed by atoms with Crippen molar-refractivity contribution in [2.45, 2.75) is 13.5 Å². The largest absolute Gasteiger partial charge is 0.384 e. The van der Waals surface area contributed by atoms with Gasteiger partial charge in [-0.3, -0.25) is 0 Å². The van der Waals surface area contributed by atoms with Gasteiger partial charge < -0.3 is 15.0 Å². The molecule has 1 aliphatic heterocycles. The Labute approximate surface area is 104 Å². The number of nitrogens with one attached hydrogen (secondary N) is 1. The normalized spacial score (nSPS) is 17.4. The van der Waals surface area contributed by atoms with Gasteiger partial charge in [-0.2, -0.15) is 0 Å². The molecule has 0 fully saturated rings. The topological polar surface area (TPSA) is 24.5 Å². The number of rotatable bonds is 4. The Morgan fingerprint density at radius 1 is 1.41 bits per heavy atom. The molecule has 1 aromatic rings. The van der Waals surface area contributed by atoms with Crippen molar-refractivity contribution in [3.05, 3.63) is 29.8 Å². The van der Waals surface area contributed by atoms with Gasteiger partial charge in [0.15, 0.2) is 0 Å². The Morgan fingerprint density at radius 2 is 2.24 bits per heavy atom. The van der Waals surface area contributed by atoms with Gasteiger partial charge in [-0.15, -0.1) is 0 Å². The Kier molecular flexibility index (Phi) is 4.40. The van der Waals surface area contributed by atoms with Gasteiger partial charge in [-0.1, -0.05) is 25.1 Å². The molecule has 17 heavy (non-hydrogen) atoms. The highest BCUT2D eigenvalue weighted by Gasteiger charge is 2.16. The number of nitrogens with zero attached hydrogens (tertiary/aromatic N) is 1. The molecule has 94 valence electrons. The average molecular weight is 234 g/mol. The number of para-hydroxylation sites is 1. The first-order chi connectivity index (χ1) is 8.31. The van der Waals surface area contributed by atoms with Gasteiger partial charge in [0.1, 0.15) is 0 Å². The third-order valence-corrected chi connectivity index (χ3v) is 3.19. The summed E-state index contributed by atoms with van der Waals surface area (Å²) in [7, 11) is 1.77. The van der Waals surface area contributed by atoms with Crippen LogP contribution in [0.25, 0.3) is 0 Å². The van der Waals surface area contributed by atoms with Gasteiger partial charge in [0.25, 0.3) is 0 Å². The SMILES string of the molecule is COCC(C)CN1CCNCc2ccccc21. The minimum atomic E-state index is 0.561. The molecule has 1 N–H and O–H groups in total. The van der Waals surface area contributed by atoms with E-state index in [-0.39, 0.29) is 0 Å². The van der Waals surface area contributed by atoms with E-state index in [4.69, 9.17) is 4.74 Å². The van der Waals surface area contributed by atoms with E-state index in [2.05, 4.69) is 41.4 Å². The van der Waals surface area contributed by atoms with E-state index in [0.717, 1.165) is 32.8 Å². The summed E-state index contributed by atoms with van der Waals surface area (Å²) < 4.78 is 5.22. The van der Waals surface area contributed by atoms with Gasteiger partial charge in [-0.25, -0.2) is 0 Å². The van der Waals surface area contributed by atoms with E-state index in [1.165, 1.54) is 11.3 Å². The summed E-state index contributed by atoms with van der Waals surface area (Å²) >= 11 is 0. The van der Waals surface area contributed by atoms with Crippen molar-refractivity contribution in [2.75, 3.05) is 38.3 Å². The van der Waals surface area contributed by atoms with E-state index in [1.54, 1.807) is 7.11 Å².